The predicted octanol–water partition coefficient (Wildman–Crippen LogP) is 2.20. The molecule has 2 aliphatic carbocycles. The third-order valence-corrected chi connectivity index (χ3v) is 4.24. The summed E-state index contributed by atoms with van der Waals surface area (Å²) in [4.78, 5) is 12.1. The molecule has 98 valence electrons. The van der Waals surface area contributed by atoms with Gasteiger partial charge in [-0.25, -0.2) is 0 Å². The van der Waals surface area contributed by atoms with Crippen LogP contribution in [0.25, 0.3) is 0 Å². The maximum absolute atomic E-state index is 12.1. The van der Waals surface area contributed by atoms with Gasteiger partial charge in [-0.3, -0.25) is 4.79 Å². The van der Waals surface area contributed by atoms with Crippen LogP contribution in [0.15, 0.2) is 0 Å². The number of carbonyl (C=O) groups excluding carboxylic acids is 1. The van der Waals surface area contributed by atoms with Gasteiger partial charge in [-0.05, 0) is 38.0 Å². The Bertz CT molecular complexity index is 263. The fourth-order valence-corrected chi connectivity index (χ4v) is 2.87. The molecule has 0 aromatic rings. The van der Waals surface area contributed by atoms with E-state index in [4.69, 9.17) is 5.73 Å². The molecular weight excluding hydrogens is 212 g/mol. The molecule has 2 fully saturated rings. The number of hydrogen-bond acceptors (Lipinski definition) is 2. The van der Waals surface area contributed by atoms with Crippen LogP contribution in [-0.4, -0.2) is 18.0 Å². The molecule has 17 heavy (non-hydrogen) atoms. The van der Waals surface area contributed by atoms with E-state index in [-0.39, 0.29) is 17.9 Å². The van der Waals surface area contributed by atoms with E-state index in [1.165, 1.54) is 19.3 Å². The minimum absolute atomic E-state index is 0.173. The van der Waals surface area contributed by atoms with Crippen molar-refractivity contribution in [1.82, 2.24) is 5.32 Å². The van der Waals surface area contributed by atoms with E-state index in [9.17, 15) is 4.79 Å². The van der Waals surface area contributed by atoms with E-state index in [0.29, 0.717) is 6.04 Å². The summed E-state index contributed by atoms with van der Waals surface area (Å²) in [6, 6.07) is 0.635. The van der Waals surface area contributed by atoms with Gasteiger partial charge in [-0.2, -0.15) is 0 Å². The second kappa shape index (κ2) is 5.85. The zero-order chi connectivity index (χ0) is 12.3. The van der Waals surface area contributed by atoms with Gasteiger partial charge >= 0.3 is 0 Å². The van der Waals surface area contributed by atoms with Crippen molar-refractivity contribution in [1.29, 1.82) is 0 Å². The highest BCUT2D eigenvalue weighted by atomic mass is 16.1. The second-order valence-electron chi connectivity index (χ2n) is 5.92. The SMILES string of the molecule is CCC(CC1CC1)NC(=O)C1CCCC(N)C1. The lowest BCUT2D eigenvalue weighted by atomic mass is 9.85. The molecule has 0 spiro atoms. The highest BCUT2D eigenvalue weighted by Crippen LogP contribution is 2.34. The fourth-order valence-electron chi connectivity index (χ4n) is 2.87. The Morgan fingerprint density at radius 3 is 2.71 bits per heavy atom. The molecule has 2 aliphatic rings. The van der Waals surface area contributed by atoms with Crippen molar-refractivity contribution in [3.63, 3.8) is 0 Å². The lowest BCUT2D eigenvalue weighted by Crippen LogP contribution is -2.42. The van der Waals surface area contributed by atoms with E-state index >= 15 is 0 Å². The molecule has 1 amide bonds. The van der Waals surface area contributed by atoms with Gasteiger partial charge in [0, 0.05) is 18.0 Å². The van der Waals surface area contributed by atoms with Gasteiger partial charge in [0.2, 0.25) is 5.91 Å². The number of carbonyl (C=O) groups is 1. The highest BCUT2D eigenvalue weighted by Gasteiger charge is 2.29. The Balaban J connectivity index is 1.77. The molecule has 3 heteroatoms. The quantitative estimate of drug-likeness (QED) is 0.771. The lowest BCUT2D eigenvalue weighted by Gasteiger charge is -2.27. The number of nitrogens with two attached hydrogens (primary N) is 1. The van der Waals surface area contributed by atoms with Gasteiger partial charge in [0.15, 0.2) is 0 Å². The average Bonchev–Trinajstić information content (AvgIpc) is 3.12. The number of hydrogen-bond donors (Lipinski definition) is 2. The lowest BCUT2D eigenvalue weighted by molar-refractivity contribution is -0.126. The largest absolute Gasteiger partial charge is 0.353 e. The number of nitrogens with one attached hydrogen (secondary N) is 1. The fraction of sp³-hybridized carbons (Fsp3) is 0.929. The second-order valence-corrected chi connectivity index (χ2v) is 5.92. The smallest absolute Gasteiger partial charge is 0.223 e. The number of amides is 1. The Morgan fingerprint density at radius 1 is 1.35 bits per heavy atom. The summed E-state index contributed by atoms with van der Waals surface area (Å²) in [6.45, 7) is 2.17. The summed E-state index contributed by atoms with van der Waals surface area (Å²) in [5.41, 5.74) is 5.94. The summed E-state index contributed by atoms with van der Waals surface area (Å²) >= 11 is 0. The van der Waals surface area contributed by atoms with E-state index in [1.807, 2.05) is 0 Å². The molecule has 0 heterocycles. The van der Waals surface area contributed by atoms with E-state index in [1.54, 1.807) is 0 Å². The van der Waals surface area contributed by atoms with Crippen molar-refractivity contribution in [2.24, 2.45) is 17.6 Å². The van der Waals surface area contributed by atoms with Crippen LogP contribution in [0.3, 0.4) is 0 Å². The van der Waals surface area contributed by atoms with Crippen molar-refractivity contribution in [3.05, 3.63) is 0 Å². The van der Waals surface area contributed by atoms with Crippen LogP contribution in [0, 0.1) is 11.8 Å². The van der Waals surface area contributed by atoms with Gasteiger partial charge in [-0.1, -0.05) is 26.2 Å². The maximum atomic E-state index is 12.1. The molecule has 0 aromatic carbocycles. The first-order valence-electron chi connectivity index (χ1n) is 7.25. The minimum atomic E-state index is 0.173. The zero-order valence-corrected chi connectivity index (χ0v) is 11.0. The monoisotopic (exact) mass is 238 g/mol. The zero-order valence-electron chi connectivity index (χ0n) is 11.0. The first-order valence-corrected chi connectivity index (χ1v) is 7.25. The normalized spacial score (nSPS) is 30.9. The molecule has 0 saturated heterocycles. The number of rotatable bonds is 5. The summed E-state index contributed by atoms with van der Waals surface area (Å²) < 4.78 is 0. The standard InChI is InChI=1S/C14H26N2O/c1-2-13(8-10-6-7-10)16-14(17)11-4-3-5-12(15)9-11/h10-13H,2-9,15H2,1H3,(H,16,17). The molecule has 0 aromatic heterocycles. The van der Waals surface area contributed by atoms with E-state index in [2.05, 4.69) is 12.2 Å². The molecule has 0 aliphatic heterocycles. The van der Waals surface area contributed by atoms with Crippen molar-refractivity contribution in [2.45, 2.75) is 70.4 Å². The van der Waals surface area contributed by atoms with Crippen LogP contribution in [0.2, 0.25) is 0 Å². The van der Waals surface area contributed by atoms with Crippen LogP contribution < -0.4 is 11.1 Å². The topological polar surface area (TPSA) is 55.1 Å². The van der Waals surface area contributed by atoms with Crippen LogP contribution in [0.1, 0.15) is 58.3 Å². The molecule has 3 nitrogen and oxygen atoms in total. The average molecular weight is 238 g/mol. The molecule has 3 N–H and O–H groups in total. The van der Waals surface area contributed by atoms with Crippen LogP contribution in [0.5, 0.6) is 0 Å². The van der Waals surface area contributed by atoms with Crippen molar-refractivity contribution in [3.8, 4) is 0 Å². The molecule has 2 saturated carbocycles. The van der Waals surface area contributed by atoms with Gasteiger partial charge in [0.05, 0.1) is 0 Å². The Labute approximate surface area is 105 Å². The highest BCUT2D eigenvalue weighted by molar-refractivity contribution is 5.79. The van der Waals surface area contributed by atoms with Crippen LogP contribution in [0.4, 0.5) is 0 Å². The first kappa shape index (κ1) is 12.9. The van der Waals surface area contributed by atoms with Crippen LogP contribution in [-0.2, 0) is 4.79 Å². The summed E-state index contributed by atoms with van der Waals surface area (Å²) in [6.07, 6.45) is 9.07. The molecule has 2 rings (SSSR count). The van der Waals surface area contributed by atoms with E-state index < -0.39 is 0 Å². The third-order valence-electron chi connectivity index (χ3n) is 4.24. The maximum Gasteiger partial charge on any atom is 0.223 e. The van der Waals surface area contributed by atoms with Crippen molar-refractivity contribution in [2.75, 3.05) is 0 Å². The summed E-state index contributed by atoms with van der Waals surface area (Å²) in [5.74, 6) is 1.31. The van der Waals surface area contributed by atoms with Crippen molar-refractivity contribution < 1.29 is 4.79 Å². The Hall–Kier alpha value is -0.570. The molecule has 0 bridgehead atoms. The van der Waals surface area contributed by atoms with Gasteiger partial charge in [0.25, 0.3) is 0 Å². The first-order chi connectivity index (χ1) is 8.19. The Morgan fingerprint density at radius 2 is 2.12 bits per heavy atom. The third kappa shape index (κ3) is 3.98. The van der Waals surface area contributed by atoms with E-state index in [0.717, 1.165) is 38.0 Å². The van der Waals surface area contributed by atoms with Gasteiger partial charge < -0.3 is 11.1 Å². The van der Waals surface area contributed by atoms with Gasteiger partial charge in [0.1, 0.15) is 0 Å². The summed E-state index contributed by atoms with van der Waals surface area (Å²) in [5, 5.41) is 3.23. The predicted molar refractivity (Wildman–Crippen MR) is 69.5 cm³/mol. The molecular formula is C14H26N2O. The van der Waals surface area contributed by atoms with Gasteiger partial charge in [-0.15, -0.1) is 0 Å². The van der Waals surface area contributed by atoms with Crippen molar-refractivity contribution >= 4 is 5.91 Å². The minimum Gasteiger partial charge on any atom is -0.353 e. The van der Waals surface area contributed by atoms with Crippen LogP contribution >= 0.6 is 0 Å². The molecule has 3 unspecified atom stereocenters. The Kier molecular flexibility index (Phi) is 4.43. The molecule has 3 atom stereocenters. The summed E-state index contributed by atoms with van der Waals surface area (Å²) in [7, 11) is 0. The molecule has 0 radical (unpaired) electrons.